The molecule has 0 amide bonds. The molecule has 0 unspecified atom stereocenters. The molecule has 1 aliphatic rings. The average Bonchev–Trinajstić information content (AvgIpc) is 3.45. The molecule has 8 nitrogen and oxygen atoms in total. The Bertz CT molecular complexity index is 1350. The van der Waals surface area contributed by atoms with Crippen molar-refractivity contribution in [2.75, 3.05) is 43.4 Å². The Morgan fingerprint density at radius 2 is 1.72 bits per heavy atom. The van der Waals surface area contributed by atoms with Crippen LogP contribution in [-0.2, 0) is 0 Å². The number of nitrogens with one attached hydrogen (secondary N) is 1. The van der Waals surface area contributed by atoms with Gasteiger partial charge in [0.1, 0.15) is 17.4 Å². The Morgan fingerprint density at radius 1 is 0.906 bits per heavy atom. The van der Waals surface area contributed by atoms with Gasteiger partial charge in [0, 0.05) is 37.6 Å². The van der Waals surface area contributed by atoms with E-state index < -0.39 is 0 Å². The standard InChI is InChI=1S/C23H22N8S/c1-29-10-12-30(13-11-29)17-8-6-16(7-9-17)27-22-21-19(24-15-25-22)14-26-31(21)23-28-18-4-2-3-5-20(18)32-23/h2-9,14-15H,10-13H2,1H3,(H,24,25,27). The summed E-state index contributed by atoms with van der Waals surface area (Å²) in [6.07, 6.45) is 3.32. The first-order valence-corrected chi connectivity index (χ1v) is 11.4. The number of fused-ring (bicyclic) bond motifs is 2. The van der Waals surface area contributed by atoms with E-state index in [1.165, 1.54) is 5.69 Å². The molecule has 0 spiro atoms. The third kappa shape index (κ3) is 3.45. The molecule has 1 fully saturated rings. The van der Waals surface area contributed by atoms with E-state index in [4.69, 9.17) is 4.98 Å². The maximum Gasteiger partial charge on any atom is 0.212 e. The third-order valence-electron chi connectivity index (χ3n) is 5.82. The molecule has 0 atom stereocenters. The molecular weight excluding hydrogens is 420 g/mol. The van der Waals surface area contributed by atoms with E-state index in [1.807, 2.05) is 22.9 Å². The van der Waals surface area contributed by atoms with E-state index in [0.29, 0.717) is 5.82 Å². The minimum absolute atomic E-state index is 0.708. The average molecular weight is 443 g/mol. The highest BCUT2D eigenvalue weighted by Crippen LogP contribution is 2.30. The number of para-hydroxylation sites is 1. The molecule has 3 aromatic heterocycles. The van der Waals surface area contributed by atoms with Crippen LogP contribution in [0.3, 0.4) is 0 Å². The summed E-state index contributed by atoms with van der Waals surface area (Å²) in [6.45, 7) is 4.29. The number of thiazole rings is 1. The zero-order valence-electron chi connectivity index (χ0n) is 17.6. The van der Waals surface area contributed by atoms with Crippen molar-refractivity contribution in [1.29, 1.82) is 0 Å². The first kappa shape index (κ1) is 19.1. The van der Waals surface area contributed by atoms with Gasteiger partial charge in [-0.1, -0.05) is 23.5 Å². The van der Waals surface area contributed by atoms with E-state index >= 15 is 0 Å². The highest BCUT2D eigenvalue weighted by molar-refractivity contribution is 7.20. The van der Waals surface area contributed by atoms with Crippen molar-refractivity contribution >= 4 is 49.8 Å². The lowest BCUT2D eigenvalue weighted by atomic mass is 10.2. The van der Waals surface area contributed by atoms with E-state index in [9.17, 15) is 0 Å². The van der Waals surface area contributed by atoms with Gasteiger partial charge in [-0.25, -0.2) is 19.6 Å². The summed E-state index contributed by atoms with van der Waals surface area (Å²) in [6, 6.07) is 16.6. The molecule has 4 heterocycles. The fourth-order valence-electron chi connectivity index (χ4n) is 4.01. The summed E-state index contributed by atoms with van der Waals surface area (Å²) in [5.74, 6) is 0.708. The Labute approximate surface area is 189 Å². The van der Waals surface area contributed by atoms with Gasteiger partial charge in [-0.05, 0) is 43.4 Å². The second-order valence-electron chi connectivity index (χ2n) is 7.94. The van der Waals surface area contributed by atoms with Gasteiger partial charge in [0.2, 0.25) is 5.13 Å². The smallest absolute Gasteiger partial charge is 0.212 e. The van der Waals surface area contributed by atoms with Crippen LogP contribution in [0, 0.1) is 0 Å². The number of aromatic nitrogens is 5. The summed E-state index contributed by atoms with van der Waals surface area (Å²) >= 11 is 1.60. The first-order chi connectivity index (χ1) is 15.7. The second-order valence-corrected chi connectivity index (χ2v) is 8.95. The molecular formula is C23H22N8S. The van der Waals surface area contributed by atoms with Gasteiger partial charge in [-0.2, -0.15) is 5.10 Å². The quantitative estimate of drug-likeness (QED) is 0.452. The van der Waals surface area contributed by atoms with Crippen molar-refractivity contribution in [2.45, 2.75) is 0 Å². The fraction of sp³-hybridized carbons (Fsp3) is 0.217. The topological polar surface area (TPSA) is 75.0 Å². The number of likely N-dealkylation sites (N-methyl/N-ethyl adjacent to an activating group) is 1. The zero-order chi connectivity index (χ0) is 21.5. The normalized spacial score (nSPS) is 15.0. The molecule has 0 bridgehead atoms. The predicted octanol–water partition coefficient (Wildman–Crippen LogP) is 3.92. The maximum absolute atomic E-state index is 4.75. The first-order valence-electron chi connectivity index (χ1n) is 10.6. The number of nitrogens with zero attached hydrogens (tertiary/aromatic N) is 7. The van der Waals surface area contributed by atoms with Gasteiger partial charge in [0.15, 0.2) is 5.82 Å². The van der Waals surface area contributed by atoms with Gasteiger partial charge in [0.05, 0.1) is 16.4 Å². The SMILES string of the molecule is CN1CCN(c2ccc(Nc3ncnc4cnn(-c5nc6ccccc6s5)c34)cc2)CC1. The van der Waals surface area contributed by atoms with Gasteiger partial charge in [-0.15, -0.1) is 0 Å². The number of benzene rings is 2. The molecule has 0 radical (unpaired) electrons. The minimum Gasteiger partial charge on any atom is -0.369 e. The molecule has 0 saturated carbocycles. The summed E-state index contributed by atoms with van der Waals surface area (Å²) < 4.78 is 2.94. The van der Waals surface area contributed by atoms with E-state index in [-0.39, 0.29) is 0 Å². The van der Waals surface area contributed by atoms with Crippen molar-refractivity contribution in [3.63, 3.8) is 0 Å². The lowest BCUT2D eigenvalue weighted by molar-refractivity contribution is 0.313. The van der Waals surface area contributed by atoms with Gasteiger partial charge in [-0.3, -0.25) is 0 Å². The van der Waals surface area contributed by atoms with Crippen LogP contribution < -0.4 is 10.2 Å². The highest BCUT2D eigenvalue weighted by Gasteiger charge is 2.17. The molecule has 2 aromatic carbocycles. The number of anilines is 3. The maximum atomic E-state index is 4.75. The van der Waals surface area contributed by atoms with Crippen molar-refractivity contribution in [3.8, 4) is 5.13 Å². The van der Waals surface area contributed by atoms with Crippen LogP contribution in [-0.4, -0.2) is 62.9 Å². The zero-order valence-corrected chi connectivity index (χ0v) is 18.5. The van der Waals surface area contributed by atoms with Crippen LogP contribution in [0.4, 0.5) is 17.2 Å². The number of hydrogen-bond acceptors (Lipinski definition) is 8. The van der Waals surface area contributed by atoms with Gasteiger partial charge >= 0.3 is 0 Å². The van der Waals surface area contributed by atoms with E-state index in [2.05, 4.69) is 67.6 Å². The number of piperazine rings is 1. The largest absolute Gasteiger partial charge is 0.369 e. The summed E-state index contributed by atoms with van der Waals surface area (Å²) in [4.78, 5) is 18.4. The van der Waals surface area contributed by atoms with E-state index in [0.717, 1.165) is 58.2 Å². The molecule has 1 N–H and O–H groups in total. The molecule has 5 aromatic rings. The molecule has 1 saturated heterocycles. The molecule has 6 rings (SSSR count). The van der Waals surface area contributed by atoms with Gasteiger partial charge in [0.25, 0.3) is 0 Å². The Morgan fingerprint density at radius 3 is 2.53 bits per heavy atom. The second kappa shape index (κ2) is 7.85. The molecule has 32 heavy (non-hydrogen) atoms. The monoisotopic (exact) mass is 442 g/mol. The van der Waals surface area contributed by atoms with Crippen molar-refractivity contribution in [2.24, 2.45) is 0 Å². The molecule has 0 aliphatic carbocycles. The lowest BCUT2D eigenvalue weighted by Crippen LogP contribution is -2.44. The van der Waals surface area contributed by atoms with Crippen molar-refractivity contribution in [3.05, 3.63) is 61.1 Å². The predicted molar refractivity (Wildman–Crippen MR) is 129 cm³/mol. The summed E-state index contributed by atoms with van der Waals surface area (Å²) in [7, 11) is 2.17. The summed E-state index contributed by atoms with van der Waals surface area (Å²) in [5.41, 5.74) is 4.77. The van der Waals surface area contributed by atoms with Crippen LogP contribution in [0.1, 0.15) is 0 Å². The molecule has 1 aliphatic heterocycles. The lowest BCUT2D eigenvalue weighted by Gasteiger charge is -2.34. The summed E-state index contributed by atoms with van der Waals surface area (Å²) in [5, 5.41) is 8.80. The van der Waals surface area contributed by atoms with Crippen LogP contribution in [0.15, 0.2) is 61.1 Å². The minimum atomic E-state index is 0.708. The van der Waals surface area contributed by atoms with Crippen LogP contribution >= 0.6 is 11.3 Å². The van der Waals surface area contributed by atoms with Crippen molar-refractivity contribution in [1.82, 2.24) is 29.6 Å². The molecule has 9 heteroatoms. The highest BCUT2D eigenvalue weighted by atomic mass is 32.1. The van der Waals surface area contributed by atoms with Crippen LogP contribution in [0.2, 0.25) is 0 Å². The van der Waals surface area contributed by atoms with E-state index in [1.54, 1.807) is 23.9 Å². The fourth-order valence-corrected chi connectivity index (χ4v) is 4.94. The third-order valence-corrected chi connectivity index (χ3v) is 6.83. The number of hydrogen-bond donors (Lipinski definition) is 1. The van der Waals surface area contributed by atoms with Gasteiger partial charge < -0.3 is 15.1 Å². The Kier molecular flexibility index (Phi) is 4.70. The Hall–Kier alpha value is -3.56. The number of rotatable bonds is 4. The Balaban J connectivity index is 1.32. The van der Waals surface area contributed by atoms with Crippen molar-refractivity contribution < 1.29 is 0 Å². The van der Waals surface area contributed by atoms with Crippen LogP contribution in [0.5, 0.6) is 0 Å². The molecule has 160 valence electrons. The van der Waals surface area contributed by atoms with Crippen LogP contribution in [0.25, 0.3) is 26.4 Å².